The van der Waals surface area contributed by atoms with Crippen LogP contribution < -0.4 is 0 Å². The summed E-state index contributed by atoms with van der Waals surface area (Å²) < 4.78 is 5.31. The molecule has 1 heterocycles. The lowest BCUT2D eigenvalue weighted by molar-refractivity contribution is -0.139. The zero-order chi connectivity index (χ0) is 17.7. The maximum Gasteiger partial charge on any atom is 0.101 e. The Bertz CT molecular complexity index is 538. The second kappa shape index (κ2) is 6.24. The fourth-order valence-corrected chi connectivity index (χ4v) is 5.47. The highest BCUT2D eigenvalue weighted by Gasteiger charge is 2.57. The van der Waals surface area contributed by atoms with Gasteiger partial charge >= 0.3 is 0 Å². The van der Waals surface area contributed by atoms with Gasteiger partial charge in [0.2, 0.25) is 0 Å². The van der Waals surface area contributed by atoms with Crippen LogP contribution in [-0.4, -0.2) is 46.8 Å². The van der Waals surface area contributed by atoms with Gasteiger partial charge in [-0.05, 0) is 59.5 Å². The molecule has 3 aliphatic rings. The summed E-state index contributed by atoms with van der Waals surface area (Å²) in [6, 6.07) is 0. The van der Waals surface area contributed by atoms with Gasteiger partial charge in [-0.2, -0.15) is 0 Å². The Hall–Kier alpha value is -0.680. The molecule has 6 atom stereocenters. The highest BCUT2D eigenvalue weighted by Crippen LogP contribution is 2.61. The first kappa shape index (κ1) is 18.1. The molecule has 0 spiro atoms. The van der Waals surface area contributed by atoms with Crippen LogP contribution in [0.15, 0.2) is 23.8 Å². The molecule has 0 radical (unpaired) electrons. The minimum Gasteiger partial charge on any atom is -0.393 e. The SMILES string of the molecule is C=C1C(O)CC2C(C)(C)C(O)CCC2(C)C1CC=C1COCC1O. The van der Waals surface area contributed by atoms with E-state index >= 15 is 0 Å². The molecule has 24 heavy (non-hydrogen) atoms. The van der Waals surface area contributed by atoms with Crippen LogP contribution in [0.1, 0.15) is 46.5 Å². The average molecular weight is 336 g/mol. The van der Waals surface area contributed by atoms with E-state index in [0.29, 0.717) is 19.6 Å². The summed E-state index contributed by atoms with van der Waals surface area (Å²) in [5.74, 6) is 0.417. The highest BCUT2D eigenvalue weighted by atomic mass is 16.5. The largest absolute Gasteiger partial charge is 0.393 e. The minimum atomic E-state index is -0.513. The van der Waals surface area contributed by atoms with E-state index in [1.54, 1.807) is 0 Å². The molecule has 3 N–H and O–H groups in total. The maximum atomic E-state index is 10.6. The number of aliphatic hydroxyl groups is 3. The van der Waals surface area contributed by atoms with Gasteiger partial charge in [0, 0.05) is 0 Å². The Kier molecular flexibility index (Phi) is 4.71. The fraction of sp³-hybridized carbons (Fsp3) is 0.800. The Labute approximate surface area is 145 Å². The molecule has 0 amide bonds. The van der Waals surface area contributed by atoms with Crippen LogP contribution in [0.5, 0.6) is 0 Å². The standard InChI is InChI=1S/C20H32O4/c1-12-14(6-5-13-10-24-11-16(13)22)20(4)8-7-18(23)19(2,3)17(20)9-15(12)21/h5,14-18,21-23H,1,6-11H2,2-4H3. The Balaban J connectivity index is 1.90. The first-order valence-corrected chi connectivity index (χ1v) is 9.17. The normalized spacial score (nSPS) is 47.0. The molecule has 2 saturated carbocycles. The van der Waals surface area contributed by atoms with Gasteiger partial charge in [0.15, 0.2) is 0 Å². The third kappa shape index (κ3) is 2.78. The smallest absolute Gasteiger partial charge is 0.101 e. The topological polar surface area (TPSA) is 69.9 Å². The first-order chi connectivity index (χ1) is 11.2. The van der Waals surface area contributed by atoms with Crippen LogP contribution in [0.2, 0.25) is 0 Å². The fourth-order valence-electron chi connectivity index (χ4n) is 5.47. The lowest BCUT2D eigenvalue weighted by atomic mass is 9.46. The number of ether oxygens (including phenoxy) is 1. The molecule has 4 heteroatoms. The first-order valence-electron chi connectivity index (χ1n) is 9.17. The molecular formula is C20H32O4. The van der Waals surface area contributed by atoms with Gasteiger partial charge in [0.05, 0.1) is 25.4 Å². The summed E-state index contributed by atoms with van der Waals surface area (Å²) in [5, 5.41) is 31.0. The molecule has 0 aromatic heterocycles. The molecule has 0 bridgehead atoms. The van der Waals surface area contributed by atoms with Gasteiger partial charge < -0.3 is 20.1 Å². The average Bonchev–Trinajstić information content (AvgIpc) is 2.92. The summed E-state index contributed by atoms with van der Waals surface area (Å²) in [5.41, 5.74) is 1.65. The van der Waals surface area contributed by atoms with Crippen molar-refractivity contribution in [1.29, 1.82) is 0 Å². The number of rotatable bonds is 2. The van der Waals surface area contributed by atoms with Gasteiger partial charge in [0.1, 0.15) is 6.10 Å². The minimum absolute atomic E-state index is 0.0144. The summed E-state index contributed by atoms with van der Waals surface area (Å²) in [4.78, 5) is 0. The van der Waals surface area contributed by atoms with Crippen molar-refractivity contribution in [3.63, 3.8) is 0 Å². The molecule has 3 fully saturated rings. The van der Waals surface area contributed by atoms with E-state index in [4.69, 9.17) is 4.74 Å². The lowest BCUT2D eigenvalue weighted by Crippen LogP contribution is -2.57. The van der Waals surface area contributed by atoms with E-state index in [0.717, 1.165) is 30.4 Å². The molecule has 3 rings (SSSR count). The molecule has 2 aliphatic carbocycles. The van der Waals surface area contributed by atoms with Gasteiger partial charge in [-0.15, -0.1) is 0 Å². The van der Waals surface area contributed by atoms with Crippen molar-refractivity contribution in [2.75, 3.05) is 13.2 Å². The van der Waals surface area contributed by atoms with Crippen molar-refractivity contribution in [1.82, 2.24) is 0 Å². The number of allylic oxidation sites excluding steroid dienone is 1. The van der Waals surface area contributed by atoms with E-state index in [1.807, 2.05) is 0 Å². The predicted molar refractivity (Wildman–Crippen MR) is 93.4 cm³/mol. The lowest BCUT2D eigenvalue weighted by Gasteiger charge is -2.60. The van der Waals surface area contributed by atoms with E-state index in [2.05, 4.69) is 33.4 Å². The van der Waals surface area contributed by atoms with Crippen LogP contribution in [0, 0.1) is 22.7 Å². The zero-order valence-corrected chi connectivity index (χ0v) is 15.2. The van der Waals surface area contributed by atoms with Gasteiger partial charge in [-0.25, -0.2) is 0 Å². The monoisotopic (exact) mass is 336 g/mol. The van der Waals surface area contributed by atoms with Gasteiger partial charge in [-0.3, -0.25) is 0 Å². The zero-order valence-electron chi connectivity index (χ0n) is 15.2. The molecule has 1 aliphatic heterocycles. The summed E-state index contributed by atoms with van der Waals surface area (Å²) >= 11 is 0. The number of fused-ring (bicyclic) bond motifs is 1. The van der Waals surface area contributed by atoms with Crippen molar-refractivity contribution in [2.45, 2.75) is 64.8 Å². The van der Waals surface area contributed by atoms with Crippen LogP contribution >= 0.6 is 0 Å². The van der Waals surface area contributed by atoms with Gasteiger partial charge in [-0.1, -0.05) is 33.4 Å². The third-order valence-corrected chi connectivity index (χ3v) is 7.23. The number of hydrogen-bond donors (Lipinski definition) is 3. The van der Waals surface area contributed by atoms with Crippen molar-refractivity contribution in [3.05, 3.63) is 23.8 Å². The summed E-state index contributed by atoms with van der Waals surface area (Å²) in [7, 11) is 0. The second-order valence-corrected chi connectivity index (χ2v) is 8.86. The van der Waals surface area contributed by atoms with E-state index < -0.39 is 12.2 Å². The Morgan fingerprint density at radius 2 is 1.92 bits per heavy atom. The Morgan fingerprint density at radius 1 is 1.21 bits per heavy atom. The molecule has 1 saturated heterocycles. The van der Waals surface area contributed by atoms with E-state index in [9.17, 15) is 15.3 Å². The van der Waals surface area contributed by atoms with Crippen molar-refractivity contribution in [3.8, 4) is 0 Å². The van der Waals surface area contributed by atoms with E-state index in [-0.39, 0.29) is 28.8 Å². The van der Waals surface area contributed by atoms with Crippen molar-refractivity contribution >= 4 is 0 Å². The molecule has 0 aromatic carbocycles. The summed E-state index contributed by atoms with van der Waals surface area (Å²) in [6.45, 7) is 11.6. The molecule has 136 valence electrons. The highest BCUT2D eigenvalue weighted by molar-refractivity contribution is 5.23. The number of hydrogen-bond acceptors (Lipinski definition) is 4. The van der Waals surface area contributed by atoms with Crippen LogP contribution in [0.4, 0.5) is 0 Å². The number of aliphatic hydroxyl groups excluding tert-OH is 3. The van der Waals surface area contributed by atoms with Crippen LogP contribution in [0.3, 0.4) is 0 Å². The second-order valence-electron chi connectivity index (χ2n) is 8.86. The van der Waals surface area contributed by atoms with E-state index in [1.165, 1.54) is 0 Å². The molecule has 6 unspecified atom stereocenters. The maximum absolute atomic E-state index is 10.6. The predicted octanol–water partition coefficient (Wildman–Crippen LogP) is 2.43. The van der Waals surface area contributed by atoms with Crippen LogP contribution in [-0.2, 0) is 4.74 Å². The van der Waals surface area contributed by atoms with Gasteiger partial charge in [0.25, 0.3) is 0 Å². The third-order valence-electron chi connectivity index (χ3n) is 7.23. The summed E-state index contributed by atoms with van der Waals surface area (Å²) in [6.07, 6.45) is 3.94. The van der Waals surface area contributed by atoms with Crippen molar-refractivity contribution < 1.29 is 20.1 Å². The molecule has 0 aromatic rings. The Morgan fingerprint density at radius 3 is 2.54 bits per heavy atom. The molecular weight excluding hydrogens is 304 g/mol. The molecule has 4 nitrogen and oxygen atoms in total. The van der Waals surface area contributed by atoms with Crippen molar-refractivity contribution in [2.24, 2.45) is 22.7 Å². The quantitative estimate of drug-likeness (QED) is 0.678. The van der Waals surface area contributed by atoms with Crippen LogP contribution in [0.25, 0.3) is 0 Å².